The number of rotatable bonds is 3. The highest BCUT2D eigenvalue weighted by Crippen LogP contribution is 2.44. The van der Waals surface area contributed by atoms with Gasteiger partial charge < -0.3 is 5.32 Å². The van der Waals surface area contributed by atoms with Crippen LogP contribution in [0.1, 0.15) is 49.2 Å². The van der Waals surface area contributed by atoms with E-state index in [1.165, 1.54) is 6.07 Å². The normalized spacial score (nSPS) is 18.0. The van der Waals surface area contributed by atoms with Crippen LogP contribution in [0, 0.1) is 0 Å². The number of nitrogens with two attached hydrogens (primary N) is 1. The summed E-state index contributed by atoms with van der Waals surface area (Å²) in [6.45, 7) is 4.36. The molecule has 3 aromatic rings. The van der Waals surface area contributed by atoms with Gasteiger partial charge in [-0.25, -0.2) is 18.8 Å². The SMILES string of the molecule is CC1(C)CCc2c1nc1c(c2NC(=O)N=S(N)(=O)c2ccn(-c3ccccc3)n2)CCC1. The third kappa shape index (κ3) is 3.61. The molecule has 0 aliphatic heterocycles. The number of carbonyl (C=O) groups is 1. The maximum Gasteiger partial charge on any atom is 0.354 e. The second kappa shape index (κ2) is 7.53. The smallest absolute Gasteiger partial charge is 0.305 e. The number of amides is 2. The molecule has 32 heavy (non-hydrogen) atoms. The summed E-state index contributed by atoms with van der Waals surface area (Å²) in [5, 5.41) is 13.2. The van der Waals surface area contributed by atoms with Crippen LogP contribution in [-0.2, 0) is 34.6 Å². The summed E-state index contributed by atoms with van der Waals surface area (Å²) in [4.78, 5) is 17.8. The van der Waals surface area contributed by atoms with Crippen LogP contribution in [0.5, 0.6) is 0 Å². The Morgan fingerprint density at radius 2 is 1.94 bits per heavy atom. The summed E-state index contributed by atoms with van der Waals surface area (Å²) in [6, 6.07) is 10.2. The van der Waals surface area contributed by atoms with Crippen LogP contribution < -0.4 is 10.5 Å². The minimum atomic E-state index is -3.50. The topological polar surface area (TPSA) is 115 Å². The lowest BCUT2D eigenvalue weighted by Crippen LogP contribution is -2.20. The Morgan fingerprint density at radius 1 is 1.16 bits per heavy atom. The van der Waals surface area contributed by atoms with Crippen molar-refractivity contribution in [3.8, 4) is 5.69 Å². The van der Waals surface area contributed by atoms with Crippen molar-refractivity contribution in [1.82, 2.24) is 14.8 Å². The molecule has 0 bridgehead atoms. The molecular weight excluding hydrogens is 424 g/mol. The fourth-order valence-corrected chi connectivity index (χ4v) is 5.47. The number of hydrogen-bond acceptors (Lipinski definition) is 4. The Bertz CT molecular complexity index is 1340. The third-order valence-corrected chi connectivity index (χ3v) is 7.56. The molecule has 2 heterocycles. The van der Waals surface area contributed by atoms with Gasteiger partial charge in [0, 0.05) is 17.3 Å². The van der Waals surface area contributed by atoms with Crippen LogP contribution in [0.3, 0.4) is 0 Å². The Hall–Kier alpha value is -3.04. The van der Waals surface area contributed by atoms with Crippen LogP contribution in [0.2, 0.25) is 0 Å². The van der Waals surface area contributed by atoms with E-state index < -0.39 is 15.9 Å². The summed E-state index contributed by atoms with van der Waals surface area (Å²) in [6.07, 6.45) is 6.25. The molecule has 166 valence electrons. The van der Waals surface area contributed by atoms with Gasteiger partial charge in [-0.1, -0.05) is 32.0 Å². The van der Waals surface area contributed by atoms with E-state index in [0.29, 0.717) is 0 Å². The molecule has 2 aliphatic rings. The van der Waals surface area contributed by atoms with E-state index in [2.05, 4.69) is 28.6 Å². The molecule has 8 nitrogen and oxygen atoms in total. The van der Waals surface area contributed by atoms with Crippen molar-refractivity contribution in [2.45, 2.75) is 56.4 Å². The molecule has 9 heteroatoms. The molecule has 1 aromatic carbocycles. The van der Waals surface area contributed by atoms with E-state index in [0.717, 1.165) is 66.0 Å². The molecule has 2 aliphatic carbocycles. The van der Waals surface area contributed by atoms with Gasteiger partial charge in [0.15, 0.2) is 14.9 Å². The standard InChI is InChI=1S/C23H26N6O2S/c1-23(2)13-11-17-20(16-9-6-10-18(16)25-21(17)23)26-22(30)28-32(24,31)19-12-14-29(27-19)15-7-4-3-5-8-15/h3-5,7-8,12,14H,6,9-11,13H2,1-2H3,(H3,24,25,26,28,30,31). The van der Waals surface area contributed by atoms with Gasteiger partial charge in [-0.05, 0) is 61.4 Å². The zero-order valence-electron chi connectivity index (χ0n) is 18.2. The Kier molecular flexibility index (Phi) is 4.90. The first-order valence-corrected chi connectivity index (χ1v) is 12.3. The molecule has 2 amide bonds. The van der Waals surface area contributed by atoms with Gasteiger partial charge in [0.1, 0.15) is 0 Å². The van der Waals surface area contributed by atoms with Crippen molar-refractivity contribution < 1.29 is 9.00 Å². The largest absolute Gasteiger partial charge is 0.354 e. The number of aryl methyl sites for hydroxylation is 1. The molecule has 0 fully saturated rings. The Morgan fingerprint density at radius 3 is 2.72 bits per heavy atom. The first kappa shape index (κ1) is 20.8. The van der Waals surface area contributed by atoms with Gasteiger partial charge >= 0.3 is 6.03 Å². The van der Waals surface area contributed by atoms with E-state index in [1.807, 2.05) is 30.3 Å². The number of urea groups is 1. The Labute approximate surface area is 187 Å². The minimum Gasteiger partial charge on any atom is -0.305 e. The molecule has 0 saturated heterocycles. The highest BCUT2D eigenvalue weighted by atomic mass is 32.2. The minimum absolute atomic E-state index is 0.0325. The fourth-order valence-electron chi connectivity index (χ4n) is 4.62. The van der Waals surface area contributed by atoms with Crippen molar-refractivity contribution in [3.63, 3.8) is 0 Å². The zero-order valence-corrected chi connectivity index (χ0v) is 19.0. The number of anilines is 1. The average molecular weight is 451 g/mol. The predicted octanol–water partition coefficient (Wildman–Crippen LogP) is 3.91. The maximum absolute atomic E-state index is 13.1. The molecule has 2 aromatic heterocycles. The number of aromatic nitrogens is 3. The number of nitrogens with zero attached hydrogens (tertiary/aromatic N) is 4. The van der Waals surface area contributed by atoms with Gasteiger partial charge in [0.25, 0.3) is 0 Å². The predicted molar refractivity (Wildman–Crippen MR) is 123 cm³/mol. The molecule has 5 rings (SSSR count). The average Bonchev–Trinajstić information content (AvgIpc) is 3.48. The van der Waals surface area contributed by atoms with Crippen molar-refractivity contribution in [1.29, 1.82) is 0 Å². The molecule has 3 N–H and O–H groups in total. The lowest BCUT2D eigenvalue weighted by molar-refractivity contribution is 0.260. The summed E-state index contributed by atoms with van der Waals surface area (Å²) < 4.78 is 18.4. The second-order valence-electron chi connectivity index (χ2n) is 9.00. The number of nitrogens with one attached hydrogen (secondary N) is 1. The van der Waals surface area contributed by atoms with E-state index in [1.54, 1.807) is 10.9 Å². The zero-order chi connectivity index (χ0) is 22.5. The fraction of sp³-hybridized carbons (Fsp3) is 0.348. The van der Waals surface area contributed by atoms with E-state index in [4.69, 9.17) is 10.1 Å². The number of hydrogen-bond donors (Lipinski definition) is 2. The van der Waals surface area contributed by atoms with Crippen molar-refractivity contribution in [2.75, 3.05) is 5.32 Å². The first-order valence-electron chi connectivity index (χ1n) is 10.8. The van der Waals surface area contributed by atoms with Crippen LogP contribution >= 0.6 is 0 Å². The molecule has 0 spiro atoms. The van der Waals surface area contributed by atoms with Crippen LogP contribution in [0.15, 0.2) is 52.0 Å². The van der Waals surface area contributed by atoms with Crippen LogP contribution in [0.4, 0.5) is 10.5 Å². The van der Waals surface area contributed by atoms with E-state index >= 15 is 0 Å². The summed E-state index contributed by atoms with van der Waals surface area (Å²) in [5.41, 5.74) is 5.77. The second-order valence-corrected chi connectivity index (χ2v) is 10.7. The van der Waals surface area contributed by atoms with Crippen molar-refractivity contribution >= 4 is 21.6 Å². The maximum atomic E-state index is 13.1. The Balaban J connectivity index is 1.47. The lowest BCUT2D eigenvalue weighted by atomic mass is 9.90. The monoisotopic (exact) mass is 450 g/mol. The van der Waals surface area contributed by atoms with Crippen LogP contribution in [-0.4, -0.2) is 25.0 Å². The molecular formula is C23H26N6O2S. The van der Waals surface area contributed by atoms with Crippen LogP contribution in [0.25, 0.3) is 5.69 Å². The van der Waals surface area contributed by atoms with E-state index in [-0.39, 0.29) is 10.4 Å². The molecule has 1 unspecified atom stereocenters. The van der Waals surface area contributed by atoms with Crippen molar-refractivity contribution in [3.05, 3.63) is 65.1 Å². The molecule has 0 saturated carbocycles. The van der Waals surface area contributed by atoms with Gasteiger partial charge in [0.05, 0.1) is 17.1 Å². The summed E-state index contributed by atoms with van der Waals surface area (Å²) in [7, 11) is -3.50. The number of pyridine rings is 1. The van der Waals surface area contributed by atoms with E-state index in [9.17, 15) is 9.00 Å². The highest BCUT2D eigenvalue weighted by molar-refractivity contribution is 7.91. The van der Waals surface area contributed by atoms with Crippen molar-refractivity contribution in [2.24, 2.45) is 9.50 Å². The number of carbonyl (C=O) groups excluding carboxylic acids is 1. The number of fused-ring (bicyclic) bond motifs is 2. The lowest BCUT2D eigenvalue weighted by Gasteiger charge is -2.20. The highest BCUT2D eigenvalue weighted by Gasteiger charge is 2.36. The van der Waals surface area contributed by atoms with Gasteiger partial charge in [-0.3, -0.25) is 4.98 Å². The quantitative estimate of drug-likeness (QED) is 0.629. The van der Waals surface area contributed by atoms with Gasteiger partial charge in [0.2, 0.25) is 0 Å². The number of benzene rings is 1. The molecule has 1 atom stereocenters. The van der Waals surface area contributed by atoms with Gasteiger partial charge in [-0.15, -0.1) is 4.36 Å². The molecule has 0 radical (unpaired) electrons. The summed E-state index contributed by atoms with van der Waals surface area (Å²) >= 11 is 0. The first-order chi connectivity index (χ1) is 15.2. The number of para-hydroxylation sites is 1. The third-order valence-electron chi connectivity index (χ3n) is 6.30. The van der Waals surface area contributed by atoms with Gasteiger partial charge in [-0.2, -0.15) is 5.10 Å². The summed E-state index contributed by atoms with van der Waals surface area (Å²) in [5.74, 6) is 0.